The van der Waals surface area contributed by atoms with Gasteiger partial charge < -0.3 is 19.5 Å². The van der Waals surface area contributed by atoms with Gasteiger partial charge in [0.15, 0.2) is 11.5 Å². The average molecular weight is 422 g/mol. The number of fused-ring (bicyclic) bond motifs is 1. The summed E-state index contributed by atoms with van der Waals surface area (Å²) >= 11 is 0. The molecule has 5 rings (SSSR count). The Balaban J connectivity index is 0.000000645. The second-order valence-electron chi connectivity index (χ2n) is 7.02. The maximum Gasteiger partial charge on any atom is 0.234 e. The Bertz CT molecular complexity index is 959. The standard InChI is InChI=1S/C22H19NO4.2C2H6/c24-21(22(10-11-22)15-6-9-19-20(12-15)26-14-25-19)23-16-7-8-18(13-16)27-17-4-2-1-3-5-17;2*1-2/h1-9,12H,10-11,13-14H2,(H,23,24);2*1-2H3. The molecule has 0 atom stereocenters. The summed E-state index contributed by atoms with van der Waals surface area (Å²) in [5.74, 6) is 3.10. The number of benzene rings is 2. The summed E-state index contributed by atoms with van der Waals surface area (Å²) < 4.78 is 16.7. The minimum atomic E-state index is -0.467. The van der Waals surface area contributed by atoms with Gasteiger partial charge in [-0.15, -0.1) is 0 Å². The van der Waals surface area contributed by atoms with E-state index >= 15 is 0 Å². The van der Waals surface area contributed by atoms with Gasteiger partial charge in [0.05, 0.1) is 5.41 Å². The van der Waals surface area contributed by atoms with E-state index in [1.165, 1.54) is 0 Å². The third-order valence-electron chi connectivity index (χ3n) is 5.21. The van der Waals surface area contributed by atoms with Crippen molar-refractivity contribution in [1.82, 2.24) is 5.32 Å². The van der Waals surface area contributed by atoms with Crippen LogP contribution < -0.4 is 19.5 Å². The van der Waals surface area contributed by atoms with E-state index in [2.05, 4.69) is 5.32 Å². The first kappa shape index (κ1) is 22.5. The minimum Gasteiger partial charge on any atom is -0.461 e. The van der Waals surface area contributed by atoms with Crippen LogP contribution in [-0.4, -0.2) is 12.7 Å². The molecule has 0 saturated heterocycles. The van der Waals surface area contributed by atoms with Crippen molar-refractivity contribution in [3.05, 3.63) is 77.7 Å². The molecular weight excluding hydrogens is 390 g/mol. The molecule has 0 aromatic heterocycles. The Morgan fingerprint density at radius 3 is 2.35 bits per heavy atom. The molecule has 3 aliphatic rings. The third-order valence-corrected chi connectivity index (χ3v) is 5.21. The van der Waals surface area contributed by atoms with E-state index in [9.17, 15) is 4.79 Å². The summed E-state index contributed by atoms with van der Waals surface area (Å²) in [6.45, 7) is 8.24. The van der Waals surface area contributed by atoms with Crippen molar-refractivity contribution in [3.8, 4) is 17.2 Å². The molecule has 2 aromatic rings. The minimum absolute atomic E-state index is 0.0296. The molecule has 1 amide bonds. The van der Waals surface area contributed by atoms with Crippen LogP contribution >= 0.6 is 0 Å². The van der Waals surface area contributed by atoms with Gasteiger partial charge in [-0.05, 0) is 54.8 Å². The summed E-state index contributed by atoms with van der Waals surface area (Å²) in [5.41, 5.74) is 1.37. The van der Waals surface area contributed by atoms with E-state index in [1.807, 2.05) is 88.4 Å². The van der Waals surface area contributed by atoms with Gasteiger partial charge >= 0.3 is 0 Å². The lowest BCUT2D eigenvalue weighted by Gasteiger charge is -2.17. The van der Waals surface area contributed by atoms with Crippen LogP contribution in [0.3, 0.4) is 0 Å². The van der Waals surface area contributed by atoms with E-state index in [1.54, 1.807) is 0 Å². The molecule has 5 heteroatoms. The number of ether oxygens (including phenoxy) is 3. The highest BCUT2D eigenvalue weighted by Crippen LogP contribution is 2.50. The number of hydrogen-bond donors (Lipinski definition) is 1. The summed E-state index contributed by atoms with van der Waals surface area (Å²) in [7, 11) is 0. The quantitative estimate of drug-likeness (QED) is 0.656. The lowest BCUT2D eigenvalue weighted by molar-refractivity contribution is -0.122. The van der Waals surface area contributed by atoms with Crippen LogP contribution in [0.15, 0.2) is 72.1 Å². The predicted octanol–water partition coefficient (Wildman–Crippen LogP) is 5.87. The highest BCUT2D eigenvalue weighted by Gasteiger charge is 2.51. The molecule has 1 aliphatic heterocycles. The molecule has 0 unspecified atom stereocenters. The van der Waals surface area contributed by atoms with Gasteiger partial charge in [-0.1, -0.05) is 52.0 Å². The maximum absolute atomic E-state index is 13.0. The third kappa shape index (κ3) is 4.93. The van der Waals surface area contributed by atoms with E-state index in [0.29, 0.717) is 12.2 Å². The van der Waals surface area contributed by atoms with Crippen molar-refractivity contribution < 1.29 is 19.0 Å². The molecule has 2 aliphatic carbocycles. The Morgan fingerprint density at radius 2 is 1.65 bits per heavy atom. The predicted molar refractivity (Wildman–Crippen MR) is 122 cm³/mol. The molecule has 0 radical (unpaired) electrons. The summed E-state index contributed by atoms with van der Waals surface area (Å²) in [6.07, 6.45) is 6.08. The lowest BCUT2D eigenvalue weighted by Crippen LogP contribution is -2.34. The number of rotatable bonds is 5. The molecule has 164 valence electrons. The topological polar surface area (TPSA) is 56.8 Å². The van der Waals surface area contributed by atoms with Crippen LogP contribution in [0.4, 0.5) is 0 Å². The van der Waals surface area contributed by atoms with Crippen LogP contribution in [0.25, 0.3) is 0 Å². The Labute approximate surface area is 184 Å². The van der Waals surface area contributed by atoms with Crippen LogP contribution in [-0.2, 0) is 10.2 Å². The van der Waals surface area contributed by atoms with Crippen molar-refractivity contribution in [2.24, 2.45) is 0 Å². The highest BCUT2D eigenvalue weighted by molar-refractivity contribution is 5.92. The lowest BCUT2D eigenvalue weighted by atomic mass is 9.94. The van der Waals surface area contributed by atoms with Gasteiger partial charge in [-0.25, -0.2) is 0 Å². The van der Waals surface area contributed by atoms with Gasteiger partial charge in [0.25, 0.3) is 0 Å². The normalized spacial score (nSPS) is 16.5. The number of para-hydroxylation sites is 1. The van der Waals surface area contributed by atoms with Crippen molar-refractivity contribution in [2.75, 3.05) is 6.79 Å². The van der Waals surface area contributed by atoms with Crippen molar-refractivity contribution in [3.63, 3.8) is 0 Å². The summed E-state index contributed by atoms with van der Waals surface area (Å²) in [5, 5.41) is 3.08. The SMILES string of the molecule is CC.CC.O=C(NC1=CC=C(Oc2ccccc2)C1)C1(c2ccc3c(c2)OCO3)CC1. The Hall–Kier alpha value is -3.21. The smallest absolute Gasteiger partial charge is 0.234 e. The first-order chi connectivity index (χ1) is 15.2. The van der Waals surface area contributed by atoms with Crippen molar-refractivity contribution in [1.29, 1.82) is 0 Å². The van der Waals surface area contributed by atoms with Crippen LogP contribution in [0.1, 0.15) is 52.5 Å². The number of allylic oxidation sites excluding steroid dienone is 2. The molecule has 1 heterocycles. The van der Waals surface area contributed by atoms with Crippen molar-refractivity contribution >= 4 is 5.91 Å². The monoisotopic (exact) mass is 421 g/mol. The highest BCUT2D eigenvalue weighted by atomic mass is 16.7. The number of amides is 1. The molecule has 31 heavy (non-hydrogen) atoms. The molecule has 1 fully saturated rings. The second-order valence-corrected chi connectivity index (χ2v) is 7.02. The number of hydrogen-bond acceptors (Lipinski definition) is 4. The van der Waals surface area contributed by atoms with E-state index < -0.39 is 5.41 Å². The summed E-state index contributed by atoms with van der Waals surface area (Å²) in [4.78, 5) is 13.0. The first-order valence-corrected chi connectivity index (χ1v) is 11.1. The van der Waals surface area contributed by atoms with E-state index in [-0.39, 0.29) is 12.7 Å². The van der Waals surface area contributed by atoms with Gasteiger partial charge in [-0.3, -0.25) is 4.79 Å². The van der Waals surface area contributed by atoms with Gasteiger partial charge in [0.1, 0.15) is 11.5 Å². The molecule has 1 N–H and O–H groups in total. The van der Waals surface area contributed by atoms with Crippen LogP contribution in [0.5, 0.6) is 17.2 Å². The zero-order chi connectivity index (χ0) is 22.3. The number of carbonyl (C=O) groups excluding carboxylic acids is 1. The molecule has 0 spiro atoms. The fraction of sp³-hybridized carbons (Fsp3) is 0.346. The fourth-order valence-electron chi connectivity index (χ4n) is 3.53. The molecular formula is C26H31NO4. The molecule has 0 bridgehead atoms. The Kier molecular flexibility index (Phi) is 7.40. The number of carbonyl (C=O) groups is 1. The van der Waals surface area contributed by atoms with Gasteiger partial charge in [-0.2, -0.15) is 0 Å². The first-order valence-electron chi connectivity index (χ1n) is 11.1. The van der Waals surface area contributed by atoms with Gasteiger partial charge in [0.2, 0.25) is 12.7 Å². The Morgan fingerprint density at radius 1 is 0.935 bits per heavy atom. The summed E-state index contributed by atoms with van der Waals surface area (Å²) in [6, 6.07) is 15.4. The van der Waals surface area contributed by atoms with Crippen LogP contribution in [0.2, 0.25) is 0 Å². The van der Waals surface area contributed by atoms with Crippen LogP contribution in [0, 0.1) is 0 Å². The average Bonchev–Trinajstić information content (AvgIpc) is 3.31. The molecule has 5 nitrogen and oxygen atoms in total. The zero-order valence-corrected chi connectivity index (χ0v) is 18.7. The largest absolute Gasteiger partial charge is 0.461 e. The molecule has 1 saturated carbocycles. The van der Waals surface area contributed by atoms with E-state index in [4.69, 9.17) is 14.2 Å². The maximum atomic E-state index is 13.0. The molecule has 2 aromatic carbocycles. The van der Waals surface area contributed by atoms with E-state index in [0.717, 1.165) is 41.4 Å². The van der Waals surface area contributed by atoms with Gasteiger partial charge in [0, 0.05) is 12.1 Å². The van der Waals surface area contributed by atoms with Crippen molar-refractivity contribution in [2.45, 2.75) is 52.4 Å². The number of nitrogens with one attached hydrogen (secondary N) is 1. The fourth-order valence-corrected chi connectivity index (χ4v) is 3.53. The second kappa shape index (κ2) is 10.2. The zero-order valence-electron chi connectivity index (χ0n) is 18.7.